The molecule has 0 fully saturated rings. The van der Waals surface area contributed by atoms with Crippen LogP contribution in [-0.2, 0) is 0 Å². The molecule has 0 aliphatic carbocycles. The summed E-state index contributed by atoms with van der Waals surface area (Å²) in [5.74, 6) is 1.84. The highest BCUT2D eigenvalue weighted by atomic mass is 32.2. The minimum atomic E-state index is 0.290. The molecule has 0 heterocycles. The normalized spacial score (nSPS) is 15.6. The summed E-state index contributed by atoms with van der Waals surface area (Å²) in [7, 11) is 0. The highest BCUT2D eigenvalue weighted by Gasteiger charge is 2.12. The Kier molecular flexibility index (Phi) is 9.66. The minimum Gasteiger partial charge on any atom is -0.396 e. The third-order valence-corrected chi connectivity index (χ3v) is 4.32. The summed E-state index contributed by atoms with van der Waals surface area (Å²) in [5.41, 5.74) is 0. The molecule has 0 aliphatic rings. The van der Waals surface area contributed by atoms with Crippen molar-refractivity contribution in [3.8, 4) is 0 Å². The standard InChI is InChI=1S/C12H27NOS/c1-5-7-13-12(6-8-14)9-15-11(4)10(2)3/h10-14H,5-9H2,1-4H3. The van der Waals surface area contributed by atoms with Crippen LogP contribution in [-0.4, -0.2) is 35.3 Å². The van der Waals surface area contributed by atoms with Gasteiger partial charge >= 0.3 is 0 Å². The van der Waals surface area contributed by atoms with Gasteiger partial charge in [0.15, 0.2) is 0 Å². The van der Waals surface area contributed by atoms with Gasteiger partial charge in [0, 0.05) is 23.7 Å². The van der Waals surface area contributed by atoms with Crippen LogP contribution in [0.5, 0.6) is 0 Å². The van der Waals surface area contributed by atoms with Crippen molar-refractivity contribution in [2.24, 2.45) is 5.92 Å². The zero-order valence-corrected chi connectivity index (χ0v) is 11.4. The van der Waals surface area contributed by atoms with Gasteiger partial charge < -0.3 is 10.4 Å². The maximum absolute atomic E-state index is 8.96. The number of thioether (sulfide) groups is 1. The van der Waals surface area contributed by atoms with Crippen LogP contribution < -0.4 is 5.32 Å². The monoisotopic (exact) mass is 233 g/mol. The minimum absolute atomic E-state index is 0.290. The molecule has 0 saturated carbocycles. The van der Waals surface area contributed by atoms with Crippen LogP contribution >= 0.6 is 11.8 Å². The van der Waals surface area contributed by atoms with E-state index in [4.69, 9.17) is 5.11 Å². The summed E-state index contributed by atoms with van der Waals surface area (Å²) in [4.78, 5) is 0. The van der Waals surface area contributed by atoms with Crippen molar-refractivity contribution in [2.45, 2.75) is 51.8 Å². The Hall–Kier alpha value is 0.270. The fourth-order valence-electron chi connectivity index (χ4n) is 1.21. The molecule has 0 aromatic carbocycles. The van der Waals surface area contributed by atoms with Gasteiger partial charge in [-0.15, -0.1) is 0 Å². The van der Waals surface area contributed by atoms with Gasteiger partial charge in [0.25, 0.3) is 0 Å². The third kappa shape index (κ3) is 8.12. The average molecular weight is 233 g/mol. The van der Waals surface area contributed by atoms with E-state index in [1.807, 2.05) is 11.8 Å². The molecule has 0 bridgehead atoms. The molecule has 15 heavy (non-hydrogen) atoms. The number of aliphatic hydroxyl groups excluding tert-OH is 1. The molecule has 0 amide bonds. The van der Waals surface area contributed by atoms with Crippen LogP contribution in [0.4, 0.5) is 0 Å². The zero-order valence-electron chi connectivity index (χ0n) is 10.6. The van der Waals surface area contributed by atoms with Gasteiger partial charge in [-0.1, -0.05) is 27.7 Å². The first kappa shape index (κ1) is 15.3. The van der Waals surface area contributed by atoms with E-state index < -0.39 is 0 Å². The Morgan fingerprint density at radius 2 is 1.93 bits per heavy atom. The van der Waals surface area contributed by atoms with E-state index in [-0.39, 0.29) is 6.61 Å². The second-order valence-electron chi connectivity index (χ2n) is 4.45. The third-order valence-electron chi connectivity index (χ3n) is 2.66. The molecule has 3 heteroatoms. The molecule has 2 atom stereocenters. The molecule has 0 rings (SSSR count). The summed E-state index contributed by atoms with van der Waals surface area (Å²) < 4.78 is 0. The predicted octanol–water partition coefficient (Wildman–Crippen LogP) is 2.51. The van der Waals surface area contributed by atoms with Gasteiger partial charge in [-0.05, 0) is 25.3 Å². The van der Waals surface area contributed by atoms with Crippen molar-refractivity contribution < 1.29 is 5.11 Å². The first-order chi connectivity index (χ1) is 7.11. The lowest BCUT2D eigenvalue weighted by atomic mass is 10.2. The second-order valence-corrected chi connectivity index (χ2v) is 5.86. The summed E-state index contributed by atoms with van der Waals surface area (Å²) in [6.07, 6.45) is 2.03. The fourth-order valence-corrected chi connectivity index (χ4v) is 2.41. The highest BCUT2D eigenvalue weighted by molar-refractivity contribution is 7.99. The van der Waals surface area contributed by atoms with Gasteiger partial charge in [0.1, 0.15) is 0 Å². The number of hydrogen-bond donors (Lipinski definition) is 2. The van der Waals surface area contributed by atoms with E-state index in [2.05, 4.69) is 33.0 Å². The van der Waals surface area contributed by atoms with E-state index in [9.17, 15) is 0 Å². The maximum atomic E-state index is 8.96. The van der Waals surface area contributed by atoms with Gasteiger partial charge in [-0.2, -0.15) is 11.8 Å². The van der Waals surface area contributed by atoms with Crippen molar-refractivity contribution in [2.75, 3.05) is 18.9 Å². The van der Waals surface area contributed by atoms with Crippen LogP contribution in [0.3, 0.4) is 0 Å². The molecule has 2 unspecified atom stereocenters. The number of nitrogens with one attached hydrogen (secondary N) is 1. The molecule has 92 valence electrons. The Morgan fingerprint density at radius 1 is 1.27 bits per heavy atom. The largest absolute Gasteiger partial charge is 0.396 e. The topological polar surface area (TPSA) is 32.3 Å². The molecule has 2 nitrogen and oxygen atoms in total. The fraction of sp³-hybridized carbons (Fsp3) is 1.00. The van der Waals surface area contributed by atoms with Crippen LogP contribution in [0.2, 0.25) is 0 Å². The lowest BCUT2D eigenvalue weighted by molar-refractivity contribution is 0.270. The SMILES string of the molecule is CCCNC(CCO)CSC(C)C(C)C. The Bertz CT molecular complexity index is 142. The number of hydrogen-bond acceptors (Lipinski definition) is 3. The van der Waals surface area contributed by atoms with Crippen molar-refractivity contribution in [1.82, 2.24) is 5.32 Å². The maximum Gasteiger partial charge on any atom is 0.0446 e. The van der Waals surface area contributed by atoms with E-state index in [1.165, 1.54) is 0 Å². The molecule has 0 aromatic heterocycles. The molecule has 0 aliphatic heterocycles. The van der Waals surface area contributed by atoms with Gasteiger partial charge in [-0.25, -0.2) is 0 Å². The van der Waals surface area contributed by atoms with Crippen LogP contribution in [0.1, 0.15) is 40.5 Å². The molecule has 0 saturated heterocycles. The Labute approximate surface area is 99.2 Å². The highest BCUT2D eigenvalue weighted by Crippen LogP contribution is 2.19. The van der Waals surface area contributed by atoms with Crippen LogP contribution in [0.25, 0.3) is 0 Å². The van der Waals surface area contributed by atoms with E-state index >= 15 is 0 Å². The molecule has 0 aromatic rings. The predicted molar refractivity (Wildman–Crippen MR) is 70.5 cm³/mol. The first-order valence-corrected chi connectivity index (χ1v) is 7.12. The second kappa shape index (κ2) is 9.49. The molecular formula is C12H27NOS. The first-order valence-electron chi connectivity index (χ1n) is 6.07. The van der Waals surface area contributed by atoms with Crippen molar-refractivity contribution in [3.05, 3.63) is 0 Å². The molecule has 2 N–H and O–H groups in total. The summed E-state index contributed by atoms with van der Waals surface area (Å²) in [6, 6.07) is 0.473. The van der Waals surface area contributed by atoms with Crippen molar-refractivity contribution in [1.29, 1.82) is 0 Å². The molecular weight excluding hydrogens is 206 g/mol. The Morgan fingerprint density at radius 3 is 2.40 bits per heavy atom. The zero-order chi connectivity index (χ0) is 11.7. The van der Waals surface area contributed by atoms with E-state index in [0.717, 1.165) is 31.1 Å². The lowest BCUT2D eigenvalue weighted by Gasteiger charge is -2.21. The number of rotatable bonds is 9. The molecule has 0 spiro atoms. The lowest BCUT2D eigenvalue weighted by Crippen LogP contribution is -2.33. The Balaban J connectivity index is 3.73. The quantitative estimate of drug-likeness (QED) is 0.642. The molecule has 0 radical (unpaired) electrons. The van der Waals surface area contributed by atoms with Crippen LogP contribution in [0, 0.1) is 5.92 Å². The smallest absolute Gasteiger partial charge is 0.0446 e. The summed E-state index contributed by atoms with van der Waals surface area (Å²) >= 11 is 2.01. The summed E-state index contributed by atoms with van der Waals surface area (Å²) in [5, 5.41) is 13.1. The number of aliphatic hydroxyl groups is 1. The van der Waals surface area contributed by atoms with Crippen molar-refractivity contribution in [3.63, 3.8) is 0 Å². The van der Waals surface area contributed by atoms with E-state index in [1.54, 1.807) is 0 Å². The van der Waals surface area contributed by atoms with Crippen LogP contribution in [0.15, 0.2) is 0 Å². The van der Waals surface area contributed by atoms with Gasteiger partial charge in [-0.3, -0.25) is 0 Å². The van der Waals surface area contributed by atoms with Gasteiger partial charge in [0.05, 0.1) is 0 Å². The average Bonchev–Trinajstić information content (AvgIpc) is 2.21. The van der Waals surface area contributed by atoms with Gasteiger partial charge in [0.2, 0.25) is 0 Å². The van der Waals surface area contributed by atoms with E-state index in [0.29, 0.717) is 11.3 Å². The van der Waals surface area contributed by atoms with Crippen molar-refractivity contribution >= 4 is 11.8 Å². The summed E-state index contributed by atoms with van der Waals surface area (Å²) in [6.45, 7) is 10.3.